The first-order valence-corrected chi connectivity index (χ1v) is 12.1. The van der Waals surface area contributed by atoms with Crippen LogP contribution in [0, 0.1) is 5.82 Å². The van der Waals surface area contributed by atoms with Gasteiger partial charge >= 0.3 is 5.97 Å². The molecule has 7 nitrogen and oxygen atoms in total. The summed E-state index contributed by atoms with van der Waals surface area (Å²) in [6.45, 7) is 4.08. The maximum absolute atomic E-state index is 13.1. The summed E-state index contributed by atoms with van der Waals surface area (Å²) in [6, 6.07) is 12.9. The van der Waals surface area contributed by atoms with E-state index in [9.17, 15) is 14.0 Å². The first-order chi connectivity index (χ1) is 16.9. The predicted molar refractivity (Wildman–Crippen MR) is 133 cm³/mol. The lowest BCUT2D eigenvalue weighted by Gasteiger charge is -2.36. The molecule has 35 heavy (non-hydrogen) atoms. The van der Waals surface area contributed by atoms with Crippen LogP contribution in [0.3, 0.4) is 0 Å². The molecule has 0 aliphatic carbocycles. The number of thioether (sulfide) groups is 1. The first-order valence-electron chi connectivity index (χ1n) is 11.2. The third kappa shape index (κ3) is 5.40. The number of hydrogen-bond acceptors (Lipinski definition) is 7. The zero-order valence-corrected chi connectivity index (χ0v) is 20.5. The van der Waals surface area contributed by atoms with Gasteiger partial charge in [-0.05, 0) is 54.6 Å². The van der Waals surface area contributed by atoms with E-state index in [-0.39, 0.29) is 31.3 Å². The molecule has 182 valence electrons. The predicted octanol–water partition coefficient (Wildman–Crippen LogP) is 4.68. The van der Waals surface area contributed by atoms with Crippen molar-refractivity contribution in [3.05, 3.63) is 87.9 Å². The van der Waals surface area contributed by atoms with Crippen molar-refractivity contribution in [2.24, 2.45) is 4.99 Å². The molecule has 2 aromatic rings. The van der Waals surface area contributed by atoms with E-state index in [4.69, 9.17) is 9.47 Å². The van der Waals surface area contributed by atoms with Gasteiger partial charge in [0.25, 0.3) is 0 Å². The van der Waals surface area contributed by atoms with E-state index in [1.54, 1.807) is 33.1 Å². The number of carbonyl (C=O) groups excluding carboxylic acids is 2. The van der Waals surface area contributed by atoms with Gasteiger partial charge in [-0.25, -0.2) is 14.2 Å². The zero-order chi connectivity index (χ0) is 24.9. The molecule has 2 aliphatic heterocycles. The molecule has 2 heterocycles. The summed E-state index contributed by atoms with van der Waals surface area (Å²) >= 11 is 1.41. The SMILES string of the molecule is CCOC(=O)C1=C(C)N=C2SC=C(CC(=O)NCc3ccc(F)cc3)N2[C@H]1c1ccc(OC)cc1. The molecule has 4 rings (SSSR count). The molecule has 1 N–H and O–H groups in total. The van der Waals surface area contributed by atoms with E-state index in [1.807, 2.05) is 34.6 Å². The summed E-state index contributed by atoms with van der Waals surface area (Å²) < 4.78 is 23.8. The minimum absolute atomic E-state index is 0.0923. The Bertz CT molecular complexity index is 1210. The average Bonchev–Trinajstić information content (AvgIpc) is 3.24. The van der Waals surface area contributed by atoms with Crippen molar-refractivity contribution in [1.82, 2.24) is 10.2 Å². The van der Waals surface area contributed by atoms with Crippen molar-refractivity contribution < 1.29 is 23.5 Å². The standard InChI is InChI=1S/C26H26FN3O4S/c1-4-34-25(32)23-16(2)29-26-30(24(23)18-7-11-21(33-3)12-8-18)20(15-35-26)13-22(31)28-14-17-5-9-19(27)10-6-17/h5-12,15,24H,4,13-14H2,1-3H3,(H,28,31)/t24-/m0/s1. The lowest BCUT2D eigenvalue weighted by atomic mass is 9.93. The summed E-state index contributed by atoms with van der Waals surface area (Å²) in [5.41, 5.74) is 3.38. The van der Waals surface area contributed by atoms with Crippen LogP contribution < -0.4 is 10.1 Å². The van der Waals surface area contributed by atoms with Crippen LogP contribution in [-0.2, 0) is 20.9 Å². The monoisotopic (exact) mass is 495 g/mol. The lowest BCUT2D eigenvalue weighted by Crippen LogP contribution is -2.38. The maximum Gasteiger partial charge on any atom is 0.338 e. The van der Waals surface area contributed by atoms with Gasteiger partial charge in [0.2, 0.25) is 5.91 Å². The highest BCUT2D eigenvalue weighted by molar-refractivity contribution is 8.16. The number of amidine groups is 1. The molecule has 0 radical (unpaired) electrons. The van der Waals surface area contributed by atoms with Crippen LogP contribution in [0.2, 0.25) is 0 Å². The summed E-state index contributed by atoms with van der Waals surface area (Å²) in [5.74, 6) is -0.260. The van der Waals surface area contributed by atoms with Gasteiger partial charge in [-0.2, -0.15) is 0 Å². The Kier molecular flexibility index (Phi) is 7.55. The largest absolute Gasteiger partial charge is 0.497 e. The number of esters is 1. The maximum atomic E-state index is 13.1. The van der Waals surface area contributed by atoms with E-state index >= 15 is 0 Å². The van der Waals surface area contributed by atoms with Crippen molar-refractivity contribution in [1.29, 1.82) is 0 Å². The van der Waals surface area contributed by atoms with Gasteiger partial charge in [0.05, 0.1) is 37.4 Å². The van der Waals surface area contributed by atoms with Crippen LogP contribution in [0.4, 0.5) is 4.39 Å². The summed E-state index contributed by atoms with van der Waals surface area (Å²) in [6.07, 6.45) is 0.0923. The molecule has 0 spiro atoms. The Balaban J connectivity index is 1.59. The molecular weight excluding hydrogens is 469 g/mol. The van der Waals surface area contributed by atoms with Crippen molar-refractivity contribution in [2.75, 3.05) is 13.7 Å². The summed E-state index contributed by atoms with van der Waals surface area (Å²) in [5, 5.41) is 5.45. The van der Waals surface area contributed by atoms with E-state index in [1.165, 1.54) is 23.9 Å². The van der Waals surface area contributed by atoms with E-state index < -0.39 is 12.0 Å². The number of ether oxygens (including phenoxy) is 2. The second kappa shape index (κ2) is 10.8. The Labute approximate surface area is 207 Å². The Hall–Kier alpha value is -3.59. The number of nitrogens with one attached hydrogen (secondary N) is 1. The average molecular weight is 496 g/mol. The van der Waals surface area contributed by atoms with Crippen molar-refractivity contribution in [3.8, 4) is 5.75 Å². The molecule has 2 aliphatic rings. The van der Waals surface area contributed by atoms with Crippen molar-refractivity contribution in [2.45, 2.75) is 32.9 Å². The molecule has 0 saturated heterocycles. The number of halogens is 1. The van der Waals surface area contributed by atoms with E-state index in [2.05, 4.69) is 10.3 Å². The number of nitrogens with zero attached hydrogens (tertiary/aromatic N) is 2. The zero-order valence-electron chi connectivity index (χ0n) is 19.7. The Morgan fingerprint density at radius 1 is 1.14 bits per heavy atom. The second-order valence-corrected chi connectivity index (χ2v) is 8.80. The van der Waals surface area contributed by atoms with Gasteiger partial charge in [0, 0.05) is 12.2 Å². The van der Waals surface area contributed by atoms with Gasteiger partial charge in [0.15, 0.2) is 5.17 Å². The van der Waals surface area contributed by atoms with Crippen LogP contribution >= 0.6 is 11.8 Å². The van der Waals surface area contributed by atoms with Crippen LogP contribution in [0.5, 0.6) is 5.75 Å². The molecule has 0 unspecified atom stereocenters. The highest BCUT2D eigenvalue weighted by Gasteiger charge is 2.41. The number of amides is 1. The number of benzene rings is 2. The van der Waals surface area contributed by atoms with Crippen LogP contribution in [-0.4, -0.2) is 35.7 Å². The highest BCUT2D eigenvalue weighted by Crippen LogP contribution is 2.45. The molecule has 1 amide bonds. The highest BCUT2D eigenvalue weighted by atomic mass is 32.2. The molecule has 0 bridgehead atoms. The number of aliphatic imine (C=N–C) groups is 1. The Morgan fingerprint density at radius 3 is 2.51 bits per heavy atom. The molecule has 1 atom stereocenters. The molecular formula is C26H26FN3O4S. The lowest BCUT2D eigenvalue weighted by molar-refractivity contribution is -0.139. The number of carbonyl (C=O) groups is 2. The molecule has 9 heteroatoms. The van der Waals surface area contributed by atoms with E-state index in [0.29, 0.717) is 22.2 Å². The third-order valence-corrected chi connectivity index (χ3v) is 6.56. The number of rotatable bonds is 8. The van der Waals surface area contributed by atoms with Crippen LogP contribution in [0.25, 0.3) is 0 Å². The van der Waals surface area contributed by atoms with Gasteiger partial charge in [-0.1, -0.05) is 36.0 Å². The molecule has 2 aromatic carbocycles. The fourth-order valence-electron chi connectivity index (χ4n) is 3.97. The minimum Gasteiger partial charge on any atom is -0.497 e. The summed E-state index contributed by atoms with van der Waals surface area (Å²) in [7, 11) is 1.59. The number of allylic oxidation sites excluding steroid dienone is 1. The van der Waals surface area contributed by atoms with Crippen LogP contribution in [0.15, 0.2) is 75.9 Å². The van der Waals surface area contributed by atoms with Gasteiger partial charge < -0.3 is 19.7 Å². The Morgan fingerprint density at radius 2 is 1.86 bits per heavy atom. The summed E-state index contributed by atoms with van der Waals surface area (Å²) in [4.78, 5) is 32.3. The van der Waals surface area contributed by atoms with Crippen molar-refractivity contribution >= 4 is 28.8 Å². The minimum atomic E-state index is -0.501. The molecule has 0 fully saturated rings. The smallest absolute Gasteiger partial charge is 0.338 e. The van der Waals surface area contributed by atoms with Crippen LogP contribution in [0.1, 0.15) is 37.4 Å². The number of hydrogen-bond donors (Lipinski definition) is 1. The van der Waals surface area contributed by atoms with E-state index in [0.717, 1.165) is 16.8 Å². The third-order valence-electron chi connectivity index (χ3n) is 5.67. The number of methoxy groups -OCH3 is 1. The quantitative estimate of drug-likeness (QED) is 0.536. The normalized spacial score (nSPS) is 16.9. The fraction of sp³-hybridized carbons (Fsp3) is 0.269. The van der Waals surface area contributed by atoms with Gasteiger partial charge in [-0.3, -0.25) is 4.79 Å². The molecule has 0 saturated carbocycles. The van der Waals surface area contributed by atoms with Gasteiger partial charge in [-0.15, -0.1) is 0 Å². The topological polar surface area (TPSA) is 80.2 Å². The molecule has 0 aromatic heterocycles. The second-order valence-electron chi connectivity index (χ2n) is 7.97. The number of fused-ring (bicyclic) bond motifs is 1. The first kappa shape index (κ1) is 24.5. The van der Waals surface area contributed by atoms with Gasteiger partial charge in [0.1, 0.15) is 11.6 Å². The fourth-order valence-corrected chi connectivity index (χ4v) is 4.94. The van der Waals surface area contributed by atoms with Crippen molar-refractivity contribution in [3.63, 3.8) is 0 Å².